The summed E-state index contributed by atoms with van der Waals surface area (Å²) in [5, 5.41) is 2.87. The monoisotopic (exact) mass is 451 g/mol. The molecule has 1 amide bonds. The minimum Gasteiger partial charge on any atom is -0.379 e. The first-order valence-corrected chi connectivity index (χ1v) is 12.5. The largest absolute Gasteiger partial charge is 0.379 e. The van der Waals surface area contributed by atoms with Gasteiger partial charge in [-0.05, 0) is 42.9 Å². The van der Waals surface area contributed by atoms with Crippen LogP contribution >= 0.6 is 11.3 Å². The van der Waals surface area contributed by atoms with E-state index in [1.54, 1.807) is 12.1 Å². The molecule has 0 atom stereocenters. The molecule has 0 bridgehead atoms. The maximum Gasteiger partial charge on any atom is 0.252 e. The maximum atomic E-state index is 12.7. The van der Waals surface area contributed by atoms with Crippen molar-refractivity contribution in [3.63, 3.8) is 0 Å². The van der Waals surface area contributed by atoms with Crippen molar-refractivity contribution in [3.05, 3.63) is 52.4 Å². The molecule has 1 N–H and O–H groups in total. The molecule has 164 valence electrons. The second-order valence-corrected chi connectivity index (χ2v) is 10.4. The highest BCUT2D eigenvalue weighted by Gasteiger charge is 2.27. The van der Waals surface area contributed by atoms with Gasteiger partial charge in [-0.3, -0.25) is 9.69 Å². The highest BCUT2D eigenvalue weighted by atomic mass is 32.2. The topological polar surface area (TPSA) is 79.0 Å². The lowest BCUT2D eigenvalue weighted by atomic mass is 10.1. The van der Waals surface area contributed by atoms with Crippen molar-refractivity contribution in [2.24, 2.45) is 0 Å². The summed E-state index contributed by atoms with van der Waals surface area (Å²) in [5.41, 5.74) is 1.77. The van der Waals surface area contributed by atoms with Crippen LogP contribution in [0.1, 0.15) is 34.6 Å². The molecule has 1 saturated heterocycles. The first-order chi connectivity index (χ1) is 14.4. The Hall–Kier alpha value is -1.78. The highest BCUT2D eigenvalue weighted by molar-refractivity contribution is 7.91. The van der Waals surface area contributed by atoms with Crippen LogP contribution in [-0.4, -0.2) is 62.9 Å². The lowest BCUT2D eigenvalue weighted by Gasteiger charge is -2.25. The third kappa shape index (κ3) is 5.67. The van der Waals surface area contributed by atoms with Gasteiger partial charge in [0.15, 0.2) is 0 Å². The average Bonchev–Trinajstić information content (AvgIpc) is 3.27. The van der Waals surface area contributed by atoms with Gasteiger partial charge in [0, 0.05) is 30.1 Å². The lowest BCUT2D eigenvalue weighted by Crippen LogP contribution is -2.40. The number of carbonyl (C=O) groups excluding carboxylic acids is 1. The molecular formula is C21H29N3O4S2. The number of hydrogen-bond donors (Lipinski definition) is 1. The summed E-state index contributed by atoms with van der Waals surface area (Å²) in [6, 6.07) is 11.0. The van der Waals surface area contributed by atoms with Crippen LogP contribution in [0.25, 0.3) is 0 Å². The van der Waals surface area contributed by atoms with Gasteiger partial charge in [-0.2, -0.15) is 4.31 Å². The fraction of sp³-hybridized carbons (Fsp3) is 0.476. The van der Waals surface area contributed by atoms with Gasteiger partial charge in [0.05, 0.1) is 19.8 Å². The third-order valence-electron chi connectivity index (χ3n) is 5.14. The van der Waals surface area contributed by atoms with E-state index >= 15 is 0 Å². The minimum atomic E-state index is -3.50. The summed E-state index contributed by atoms with van der Waals surface area (Å²) < 4.78 is 32.4. The van der Waals surface area contributed by atoms with Crippen molar-refractivity contribution >= 4 is 27.3 Å². The van der Waals surface area contributed by atoms with E-state index in [4.69, 9.17) is 4.74 Å². The van der Waals surface area contributed by atoms with Crippen LogP contribution in [0, 0.1) is 0 Å². The van der Waals surface area contributed by atoms with Gasteiger partial charge in [0.25, 0.3) is 15.9 Å². The molecule has 0 unspecified atom stereocenters. The molecule has 1 aliphatic heterocycles. The summed E-state index contributed by atoms with van der Waals surface area (Å²) >= 11 is 1.19. The number of carbonyl (C=O) groups is 1. The van der Waals surface area contributed by atoms with Gasteiger partial charge in [0.1, 0.15) is 4.21 Å². The summed E-state index contributed by atoms with van der Waals surface area (Å²) in [6.45, 7) is 8.98. The van der Waals surface area contributed by atoms with Crippen molar-refractivity contribution in [3.8, 4) is 0 Å². The number of benzene rings is 1. The smallest absolute Gasteiger partial charge is 0.252 e. The molecule has 0 spiro atoms. The molecular weight excluding hydrogens is 422 g/mol. The van der Waals surface area contributed by atoms with Crippen LogP contribution in [-0.2, 0) is 27.8 Å². The molecule has 7 nitrogen and oxygen atoms in total. The number of amides is 1. The second kappa shape index (κ2) is 10.5. The number of nitrogens with one attached hydrogen (secondary N) is 1. The van der Waals surface area contributed by atoms with Crippen molar-refractivity contribution < 1.29 is 17.9 Å². The van der Waals surface area contributed by atoms with Gasteiger partial charge < -0.3 is 10.1 Å². The number of morpholine rings is 1. The van der Waals surface area contributed by atoms with Crippen LogP contribution in [0.2, 0.25) is 0 Å². The lowest BCUT2D eigenvalue weighted by molar-refractivity contribution is 0.0731. The third-order valence-corrected chi connectivity index (χ3v) is 8.59. The fourth-order valence-corrected chi connectivity index (χ4v) is 6.10. The zero-order valence-electron chi connectivity index (χ0n) is 17.5. The molecule has 1 fully saturated rings. The molecule has 0 radical (unpaired) electrons. The van der Waals surface area contributed by atoms with Crippen LogP contribution in [0.4, 0.5) is 0 Å². The molecule has 9 heteroatoms. The van der Waals surface area contributed by atoms with Crippen LogP contribution in [0.5, 0.6) is 0 Å². The van der Waals surface area contributed by atoms with Crippen molar-refractivity contribution in [1.29, 1.82) is 0 Å². The van der Waals surface area contributed by atoms with Gasteiger partial charge in [-0.25, -0.2) is 8.42 Å². The first-order valence-electron chi connectivity index (χ1n) is 10.2. The Labute approximate surface area is 182 Å². The molecule has 1 aromatic heterocycles. The van der Waals surface area contributed by atoms with Gasteiger partial charge in [0.2, 0.25) is 0 Å². The van der Waals surface area contributed by atoms with E-state index in [1.165, 1.54) is 21.2 Å². The van der Waals surface area contributed by atoms with Crippen LogP contribution in [0.3, 0.4) is 0 Å². The number of ether oxygens (including phenoxy) is 1. The van der Waals surface area contributed by atoms with Crippen molar-refractivity contribution in [1.82, 2.24) is 14.5 Å². The maximum absolute atomic E-state index is 12.7. The number of nitrogens with zero attached hydrogens (tertiary/aromatic N) is 2. The summed E-state index contributed by atoms with van der Waals surface area (Å²) in [4.78, 5) is 15.6. The number of rotatable bonds is 9. The van der Waals surface area contributed by atoms with E-state index in [-0.39, 0.29) is 5.91 Å². The van der Waals surface area contributed by atoms with Gasteiger partial charge in [-0.15, -0.1) is 11.3 Å². The number of thiophene rings is 1. The van der Waals surface area contributed by atoms with Crippen LogP contribution in [0.15, 0.2) is 40.6 Å². The second-order valence-electron chi connectivity index (χ2n) is 7.08. The number of hydrogen-bond acceptors (Lipinski definition) is 6. The molecule has 2 heterocycles. The minimum absolute atomic E-state index is 0.171. The fourth-order valence-electron chi connectivity index (χ4n) is 3.24. The summed E-state index contributed by atoms with van der Waals surface area (Å²) in [7, 11) is -3.50. The zero-order valence-corrected chi connectivity index (χ0v) is 19.1. The Kier molecular flexibility index (Phi) is 8.01. The molecule has 30 heavy (non-hydrogen) atoms. The predicted molar refractivity (Wildman–Crippen MR) is 118 cm³/mol. The standard InChI is InChI=1S/C21H29N3O4S2/c1-3-23(4-2)16-17-5-7-18(8-6-17)21(25)22-15-19-9-10-20(29-19)30(26,27)24-11-13-28-14-12-24/h5-10H,3-4,11-16H2,1-2H3,(H,22,25). The normalized spacial score (nSPS) is 15.4. The van der Waals surface area contributed by atoms with E-state index in [0.717, 1.165) is 24.5 Å². The summed E-state index contributed by atoms with van der Waals surface area (Å²) in [6.07, 6.45) is 0. The Morgan fingerprint density at radius 2 is 1.77 bits per heavy atom. The predicted octanol–water partition coefficient (Wildman–Crippen LogP) is 2.54. The van der Waals surface area contributed by atoms with Crippen molar-refractivity contribution in [2.45, 2.75) is 31.1 Å². The molecule has 0 saturated carbocycles. The van der Waals surface area contributed by atoms with Gasteiger partial charge >= 0.3 is 0 Å². The molecule has 1 aromatic carbocycles. The Bertz CT molecular complexity index is 931. The Morgan fingerprint density at radius 3 is 2.40 bits per heavy atom. The summed E-state index contributed by atoms with van der Waals surface area (Å²) in [5.74, 6) is -0.171. The van der Waals surface area contributed by atoms with E-state index in [9.17, 15) is 13.2 Å². The van der Waals surface area contributed by atoms with E-state index in [0.29, 0.717) is 42.6 Å². The highest BCUT2D eigenvalue weighted by Crippen LogP contribution is 2.25. The SMILES string of the molecule is CCN(CC)Cc1ccc(C(=O)NCc2ccc(S(=O)(=O)N3CCOCC3)s2)cc1. The van der Waals surface area contributed by atoms with E-state index in [1.807, 2.05) is 24.3 Å². The Morgan fingerprint density at radius 1 is 1.10 bits per heavy atom. The van der Waals surface area contributed by atoms with Crippen LogP contribution < -0.4 is 5.32 Å². The zero-order chi connectivity index (χ0) is 21.6. The molecule has 0 aliphatic carbocycles. The number of sulfonamides is 1. The van der Waals surface area contributed by atoms with Gasteiger partial charge in [-0.1, -0.05) is 26.0 Å². The van der Waals surface area contributed by atoms with E-state index in [2.05, 4.69) is 24.1 Å². The van der Waals surface area contributed by atoms with E-state index < -0.39 is 10.0 Å². The van der Waals surface area contributed by atoms with Crippen molar-refractivity contribution in [2.75, 3.05) is 39.4 Å². The molecule has 3 rings (SSSR count). The average molecular weight is 452 g/mol. The molecule has 2 aromatic rings. The quantitative estimate of drug-likeness (QED) is 0.634. The molecule has 1 aliphatic rings. The Balaban J connectivity index is 1.56. The first kappa shape index (κ1) is 22.9.